The molecule has 3 aromatic rings. The van der Waals surface area contributed by atoms with Gasteiger partial charge in [0.1, 0.15) is 17.2 Å². The topological polar surface area (TPSA) is 59.9 Å². The second-order valence-electron chi connectivity index (χ2n) is 8.76. The minimum atomic E-state index is -4.46. The summed E-state index contributed by atoms with van der Waals surface area (Å²) in [4.78, 5) is 16.4. The highest BCUT2D eigenvalue weighted by atomic mass is 19.4. The molecule has 1 N–H and O–H groups in total. The molecule has 0 bridgehead atoms. The summed E-state index contributed by atoms with van der Waals surface area (Å²) >= 11 is 0. The summed E-state index contributed by atoms with van der Waals surface area (Å²) in [6, 6.07) is 14.8. The Labute approximate surface area is 196 Å². The van der Waals surface area contributed by atoms with E-state index in [0.29, 0.717) is 17.9 Å². The summed E-state index contributed by atoms with van der Waals surface area (Å²) in [5.74, 6) is 0.551. The number of nitrogens with one attached hydrogen (secondary N) is 1. The van der Waals surface area contributed by atoms with Crippen LogP contribution in [0.2, 0.25) is 0 Å². The van der Waals surface area contributed by atoms with Crippen molar-refractivity contribution in [2.75, 3.05) is 7.11 Å². The van der Waals surface area contributed by atoms with Crippen LogP contribution in [0.3, 0.4) is 0 Å². The molecule has 0 aliphatic carbocycles. The second kappa shape index (κ2) is 9.75. The highest BCUT2D eigenvalue weighted by Gasteiger charge is 2.31. The maximum atomic E-state index is 13.2. The molecule has 5 nitrogen and oxygen atoms in total. The molecule has 3 rings (SSSR count). The van der Waals surface area contributed by atoms with Gasteiger partial charge >= 0.3 is 12.3 Å². The number of benzene rings is 3. The van der Waals surface area contributed by atoms with Gasteiger partial charge in [-0.25, -0.2) is 4.79 Å². The van der Waals surface area contributed by atoms with Crippen molar-refractivity contribution in [3.05, 3.63) is 65.7 Å². The Kier molecular flexibility index (Phi) is 7.19. The fraction of sp³-hybridized carbons (Fsp3) is 0.308. The first-order valence-electron chi connectivity index (χ1n) is 10.7. The van der Waals surface area contributed by atoms with Crippen molar-refractivity contribution < 1.29 is 27.4 Å². The highest BCUT2D eigenvalue weighted by molar-refractivity contribution is 6.00. The van der Waals surface area contributed by atoms with Gasteiger partial charge in [0.25, 0.3) is 0 Å². The molecule has 0 fully saturated rings. The zero-order valence-corrected chi connectivity index (χ0v) is 19.7. The van der Waals surface area contributed by atoms with Gasteiger partial charge in [-0.2, -0.15) is 13.2 Å². The number of hydrogen-bond acceptors (Lipinski definition) is 4. The zero-order chi connectivity index (χ0) is 25.1. The summed E-state index contributed by atoms with van der Waals surface area (Å²) in [6.07, 6.45) is -5.04. The molecular weight excluding hydrogens is 445 g/mol. The Bertz CT molecular complexity index is 1230. The SMILES string of the molecule is COc1cc(C(F)(F)F)ccc1-c1cccc2c(CN=C(C)NC(=O)OC(C)(C)C)cccc12. The standard InChI is InChI=1S/C26H27F3N2O3/c1-16(31-24(32)34-25(2,3)4)30-15-17-8-6-10-20-19(17)9-7-11-21(20)22-13-12-18(26(27,28)29)14-23(22)33-5/h6-14H,15H2,1-5H3,(H,30,31,32). The van der Waals surface area contributed by atoms with Crippen molar-refractivity contribution in [2.45, 2.75) is 46.0 Å². The van der Waals surface area contributed by atoms with Crippen LogP contribution in [-0.4, -0.2) is 24.6 Å². The third-order valence-corrected chi connectivity index (χ3v) is 5.00. The molecule has 0 spiro atoms. The molecule has 0 unspecified atom stereocenters. The van der Waals surface area contributed by atoms with Gasteiger partial charge < -0.3 is 9.47 Å². The summed E-state index contributed by atoms with van der Waals surface area (Å²) < 4.78 is 50.0. The van der Waals surface area contributed by atoms with Crippen molar-refractivity contribution in [3.63, 3.8) is 0 Å². The quantitative estimate of drug-likeness (QED) is 0.329. The van der Waals surface area contributed by atoms with Gasteiger partial charge in [0.15, 0.2) is 0 Å². The van der Waals surface area contributed by atoms with Crippen molar-refractivity contribution >= 4 is 22.7 Å². The number of carbonyl (C=O) groups is 1. The van der Waals surface area contributed by atoms with Crippen molar-refractivity contribution in [1.82, 2.24) is 5.32 Å². The van der Waals surface area contributed by atoms with Crippen LogP contribution in [0.4, 0.5) is 18.0 Å². The molecule has 180 valence electrons. The zero-order valence-electron chi connectivity index (χ0n) is 19.7. The smallest absolute Gasteiger partial charge is 0.416 e. The van der Waals surface area contributed by atoms with Crippen molar-refractivity contribution in [2.24, 2.45) is 4.99 Å². The van der Waals surface area contributed by atoms with Crippen LogP contribution in [0.15, 0.2) is 59.6 Å². The molecule has 0 heterocycles. The number of methoxy groups -OCH3 is 1. The first kappa shape index (κ1) is 25.1. The number of alkyl carbamates (subject to hydrolysis) is 1. The molecular formula is C26H27F3N2O3. The van der Waals surface area contributed by atoms with E-state index in [-0.39, 0.29) is 5.75 Å². The van der Waals surface area contributed by atoms with E-state index >= 15 is 0 Å². The summed E-state index contributed by atoms with van der Waals surface area (Å²) in [6.45, 7) is 7.30. The molecule has 8 heteroatoms. The van der Waals surface area contributed by atoms with E-state index < -0.39 is 23.4 Å². The van der Waals surface area contributed by atoms with Gasteiger partial charge in [-0.1, -0.05) is 42.5 Å². The predicted molar refractivity (Wildman–Crippen MR) is 127 cm³/mol. The molecule has 3 aromatic carbocycles. The Morgan fingerprint density at radius 3 is 2.29 bits per heavy atom. The molecule has 34 heavy (non-hydrogen) atoms. The lowest BCUT2D eigenvalue weighted by atomic mass is 9.94. The van der Waals surface area contributed by atoms with Gasteiger partial charge in [-0.3, -0.25) is 10.3 Å². The summed E-state index contributed by atoms with van der Waals surface area (Å²) in [5.41, 5.74) is 0.823. The second-order valence-corrected chi connectivity index (χ2v) is 8.76. The number of ether oxygens (including phenoxy) is 2. The maximum Gasteiger partial charge on any atom is 0.416 e. The van der Waals surface area contributed by atoms with E-state index in [0.717, 1.165) is 34.0 Å². The van der Waals surface area contributed by atoms with Gasteiger partial charge in [-0.15, -0.1) is 0 Å². The fourth-order valence-corrected chi connectivity index (χ4v) is 3.53. The normalized spacial score (nSPS) is 12.5. The van der Waals surface area contributed by atoms with Crippen LogP contribution < -0.4 is 10.1 Å². The number of amidine groups is 1. The van der Waals surface area contributed by atoms with E-state index in [1.807, 2.05) is 36.4 Å². The van der Waals surface area contributed by atoms with E-state index in [1.54, 1.807) is 27.7 Å². The Hall–Kier alpha value is -3.55. The van der Waals surface area contributed by atoms with Gasteiger partial charge in [0, 0.05) is 5.56 Å². The van der Waals surface area contributed by atoms with Crippen molar-refractivity contribution in [1.29, 1.82) is 0 Å². The third kappa shape index (κ3) is 6.07. The lowest BCUT2D eigenvalue weighted by Crippen LogP contribution is -2.35. The van der Waals surface area contributed by atoms with Crippen molar-refractivity contribution in [3.8, 4) is 16.9 Å². The number of nitrogens with zero attached hydrogens (tertiary/aromatic N) is 1. The van der Waals surface area contributed by atoms with E-state index in [2.05, 4.69) is 10.3 Å². The molecule has 0 aromatic heterocycles. The molecule has 0 aliphatic heterocycles. The van der Waals surface area contributed by atoms with E-state index in [9.17, 15) is 18.0 Å². The van der Waals surface area contributed by atoms with E-state index in [1.165, 1.54) is 13.2 Å². The van der Waals surface area contributed by atoms with Crippen LogP contribution in [0.1, 0.15) is 38.8 Å². The minimum Gasteiger partial charge on any atom is -0.496 e. The van der Waals surface area contributed by atoms with Crippen LogP contribution in [-0.2, 0) is 17.5 Å². The molecule has 0 radical (unpaired) electrons. The molecule has 0 saturated heterocycles. The van der Waals surface area contributed by atoms with Crippen LogP contribution in [0, 0.1) is 0 Å². The third-order valence-electron chi connectivity index (χ3n) is 5.00. The fourth-order valence-electron chi connectivity index (χ4n) is 3.53. The average molecular weight is 473 g/mol. The molecule has 0 saturated carbocycles. The molecule has 0 atom stereocenters. The minimum absolute atomic E-state index is 0.142. The first-order valence-corrected chi connectivity index (χ1v) is 10.7. The summed E-state index contributed by atoms with van der Waals surface area (Å²) in [5, 5.41) is 4.36. The molecule has 0 aliphatic rings. The lowest BCUT2D eigenvalue weighted by Gasteiger charge is -2.19. The number of aliphatic imine (C=N–C) groups is 1. The van der Waals surface area contributed by atoms with Crippen LogP contribution >= 0.6 is 0 Å². The van der Waals surface area contributed by atoms with Gasteiger partial charge in [0.2, 0.25) is 0 Å². The number of rotatable bonds is 4. The maximum absolute atomic E-state index is 13.2. The summed E-state index contributed by atoms with van der Waals surface area (Å²) in [7, 11) is 1.35. The number of amides is 1. The van der Waals surface area contributed by atoms with Gasteiger partial charge in [-0.05, 0) is 61.7 Å². The van der Waals surface area contributed by atoms with Gasteiger partial charge in [0.05, 0.1) is 19.2 Å². The monoisotopic (exact) mass is 472 g/mol. The number of hydrogen-bond donors (Lipinski definition) is 1. The van der Waals surface area contributed by atoms with Crippen LogP contribution in [0.5, 0.6) is 5.75 Å². The molecule has 1 amide bonds. The van der Waals surface area contributed by atoms with E-state index in [4.69, 9.17) is 9.47 Å². The number of fused-ring (bicyclic) bond motifs is 1. The number of carbonyl (C=O) groups excluding carboxylic acids is 1. The predicted octanol–water partition coefficient (Wildman–Crippen LogP) is 6.98. The number of alkyl halides is 3. The Morgan fingerprint density at radius 2 is 1.65 bits per heavy atom. The average Bonchev–Trinajstić information content (AvgIpc) is 2.74. The lowest BCUT2D eigenvalue weighted by molar-refractivity contribution is -0.137. The largest absolute Gasteiger partial charge is 0.496 e. The Morgan fingerprint density at radius 1 is 0.971 bits per heavy atom. The van der Waals surface area contributed by atoms with Crippen LogP contribution in [0.25, 0.3) is 21.9 Å². The highest BCUT2D eigenvalue weighted by Crippen LogP contribution is 2.39. The first-order chi connectivity index (χ1) is 15.9. The Balaban J connectivity index is 1.94. The number of halogens is 3.